The number of aliphatic hydroxyl groups excluding tert-OH is 1. The van der Waals surface area contributed by atoms with Gasteiger partial charge in [0.1, 0.15) is 5.82 Å². The molecular formula is C21H27N3O4S2. The molecule has 0 atom stereocenters. The van der Waals surface area contributed by atoms with Gasteiger partial charge in [0, 0.05) is 40.6 Å². The number of amides is 1. The molecule has 0 aliphatic carbocycles. The molecule has 0 aliphatic heterocycles. The van der Waals surface area contributed by atoms with E-state index in [0.29, 0.717) is 35.7 Å². The van der Waals surface area contributed by atoms with Crippen molar-refractivity contribution < 1.29 is 18.3 Å². The van der Waals surface area contributed by atoms with E-state index >= 15 is 0 Å². The van der Waals surface area contributed by atoms with Crippen molar-refractivity contribution in [1.82, 2.24) is 9.88 Å². The van der Waals surface area contributed by atoms with E-state index in [0.717, 1.165) is 10.6 Å². The first-order chi connectivity index (χ1) is 14.3. The number of sulfone groups is 1. The fraction of sp³-hybridized carbons (Fsp3) is 0.333. The number of aryl methyl sites for hydroxylation is 1. The van der Waals surface area contributed by atoms with E-state index in [1.54, 1.807) is 37.3 Å². The molecule has 1 aromatic heterocycles. The number of thioether (sulfide) groups is 1. The SMILES string of the molecule is C/C(=C(\CCO)SCCS(=O)(=O)c1ccccc1)N(C=O)Cc1ccc(C)nc1N. The molecule has 2 rings (SSSR count). The number of hydrogen-bond acceptors (Lipinski definition) is 7. The van der Waals surface area contributed by atoms with Crippen LogP contribution in [0.3, 0.4) is 0 Å². The predicted molar refractivity (Wildman–Crippen MR) is 120 cm³/mol. The third kappa shape index (κ3) is 6.58. The van der Waals surface area contributed by atoms with E-state index < -0.39 is 9.84 Å². The van der Waals surface area contributed by atoms with Crippen LogP contribution < -0.4 is 5.73 Å². The summed E-state index contributed by atoms with van der Waals surface area (Å²) in [5.74, 6) is 0.630. The molecule has 0 radical (unpaired) electrons. The number of pyridine rings is 1. The Morgan fingerprint density at radius 2 is 1.93 bits per heavy atom. The zero-order valence-electron chi connectivity index (χ0n) is 17.1. The summed E-state index contributed by atoms with van der Waals surface area (Å²) in [6, 6.07) is 11.9. The molecule has 162 valence electrons. The van der Waals surface area contributed by atoms with Crippen molar-refractivity contribution in [3.8, 4) is 0 Å². The summed E-state index contributed by atoms with van der Waals surface area (Å²) in [7, 11) is -3.39. The van der Waals surface area contributed by atoms with Crippen molar-refractivity contribution in [1.29, 1.82) is 0 Å². The van der Waals surface area contributed by atoms with Gasteiger partial charge < -0.3 is 15.7 Å². The lowest BCUT2D eigenvalue weighted by Crippen LogP contribution is -2.22. The van der Waals surface area contributed by atoms with Crippen LogP contribution in [0.1, 0.15) is 24.6 Å². The lowest BCUT2D eigenvalue weighted by atomic mass is 10.2. The highest BCUT2D eigenvalue weighted by atomic mass is 32.2. The van der Waals surface area contributed by atoms with Crippen molar-refractivity contribution in [2.24, 2.45) is 0 Å². The first-order valence-electron chi connectivity index (χ1n) is 9.43. The Morgan fingerprint density at radius 1 is 1.23 bits per heavy atom. The monoisotopic (exact) mass is 449 g/mol. The number of aromatic nitrogens is 1. The molecule has 7 nitrogen and oxygen atoms in total. The Morgan fingerprint density at radius 3 is 2.53 bits per heavy atom. The van der Waals surface area contributed by atoms with Crippen molar-refractivity contribution in [2.45, 2.75) is 31.7 Å². The Hall–Kier alpha value is -2.36. The summed E-state index contributed by atoms with van der Waals surface area (Å²) in [5, 5.41) is 9.44. The maximum Gasteiger partial charge on any atom is 0.214 e. The molecule has 3 N–H and O–H groups in total. The number of hydrogen-bond donors (Lipinski definition) is 2. The molecule has 0 saturated heterocycles. The fourth-order valence-corrected chi connectivity index (χ4v) is 5.62. The van der Waals surface area contributed by atoms with Gasteiger partial charge in [0.25, 0.3) is 0 Å². The summed E-state index contributed by atoms with van der Waals surface area (Å²) in [6.07, 6.45) is 1.03. The molecular weight excluding hydrogens is 422 g/mol. The predicted octanol–water partition coefficient (Wildman–Crippen LogP) is 2.75. The number of anilines is 1. The molecule has 0 saturated carbocycles. The molecule has 0 fully saturated rings. The van der Waals surface area contributed by atoms with E-state index in [9.17, 15) is 18.3 Å². The number of benzene rings is 1. The molecule has 30 heavy (non-hydrogen) atoms. The van der Waals surface area contributed by atoms with Crippen LogP contribution in [0.15, 0.2) is 58.0 Å². The van der Waals surface area contributed by atoms with Gasteiger partial charge in [-0.25, -0.2) is 13.4 Å². The largest absolute Gasteiger partial charge is 0.396 e. The minimum Gasteiger partial charge on any atom is -0.396 e. The van der Waals surface area contributed by atoms with Crippen molar-refractivity contribution in [3.63, 3.8) is 0 Å². The second-order valence-electron chi connectivity index (χ2n) is 6.69. The standard InChI is InChI=1S/C21H27N3O4S2/c1-16-8-9-18(21(22)23-16)14-24(15-26)17(2)20(10-11-25)29-12-13-30(27,28)19-6-4-3-5-7-19/h3-9,15,25H,10-14H2,1-2H3,(H2,22,23)/b20-17-. The van der Waals surface area contributed by atoms with Crippen LogP contribution in [0, 0.1) is 6.92 Å². The van der Waals surface area contributed by atoms with Crippen molar-refractivity contribution >= 4 is 33.8 Å². The highest BCUT2D eigenvalue weighted by Crippen LogP contribution is 2.27. The molecule has 0 unspecified atom stereocenters. The van der Waals surface area contributed by atoms with Gasteiger partial charge in [-0.2, -0.15) is 0 Å². The van der Waals surface area contributed by atoms with E-state index in [1.165, 1.54) is 16.7 Å². The van der Waals surface area contributed by atoms with Gasteiger partial charge in [-0.05, 0) is 32.0 Å². The van der Waals surface area contributed by atoms with Gasteiger partial charge >= 0.3 is 0 Å². The number of aliphatic hydroxyl groups is 1. The Labute approximate surface area is 181 Å². The first-order valence-corrected chi connectivity index (χ1v) is 12.1. The van der Waals surface area contributed by atoms with Crippen molar-refractivity contribution in [3.05, 3.63) is 64.3 Å². The zero-order valence-corrected chi connectivity index (χ0v) is 18.7. The number of rotatable bonds is 11. The molecule has 2 aromatic rings. The van der Waals surface area contributed by atoms with Crippen LogP contribution in [0.4, 0.5) is 5.82 Å². The quantitative estimate of drug-likeness (QED) is 0.507. The molecule has 0 bridgehead atoms. The zero-order chi connectivity index (χ0) is 22.1. The fourth-order valence-electron chi connectivity index (χ4n) is 2.80. The Kier molecular flexibility index (Phi) is 8.88. The smallest absolute Gasteiger partial charge is 0.214 e. The molecule has 0 aliphatic rings. The highest BCUT2D eigenvalue weighted by Gasteiger charge is 2.17. The summed E-state index contributed by atoms with van der Waals surface area (Å²) >= 11 is 1.33. The number of carbonyl (C=O) groups excluding carboxylic acids is 1. The lowest BCUT2D eigenvalue weighted by Gasteiger charge is -2.22. The molecule has 1 heterocycles. The second kappa shape index (κ2) is 11.1. The lowest BCUT2D eigenvalue weighted by molar-refractivity contribution is -0.116. The minimum absolute atomic E-state index is 0.0419. The molecule has 1 amide bonds. The third-order valence-electron chi connectivity index (χ3n) is 4.52. The average molecular weight is 450 g/mol. The van der Waals surface area contributed by atoms with E-state index in [-0.39, 0.29) is 23.8 Å². The number of carbonyl (C=O) groups is 1. The average Bonchev–Trinajstić information content (AvgIpc) is 2.73. The van der Waals surface area contributed by atoms with Gasteiger partial charge in [-0.1, -0.05) is 24.3 Å². The molecule has 0 spiro atoms. The third-order valence-corrected chi connectivity index (χ3v) is 7.77. The summed E-state index contributed by atoms with van der Waals surface area (Å²) in [5.41, 5.74) is 8.12. The number of nitrogens with zero attached hydrogens (tertiary/aromatic N) is 2. The number of nitrogen functional groups attached to an aromatic ring is 1. The Balaban J connectivity index is 2.13. The maximum atomic E-state index is 12.5. The maximum absolute atomic E-state index is 12.5. The minimum atomic E-state index is -3.39. The normalized spacial score (nSPS) is 12.4. The number of allylic oxidation sites excluding steroid dienone is 1. The first kappa shape index (κ1) is 23.9. The highest BCUT2D eigenvalue weighted by molar-refractivity contribution is 8.04. The van der Waals surface area contributed by atoms with E-state index in [4.69, 9.17) is 5.73 Å². The van der Waals surface area contributed by atoms with E-state index in [1.807, 2.05) is 19.1 Å². The summed E-state index contributed by atoms with van der Waals surface area (Å²) < 4.78 is 24.9. The van der Waals surface area contributed by atoms with Gasteiger partial charge in [-0.15, -0.1) is 11.8 Å². The van der Waals surface area contributed by atoms with Crippen LogP contribution in [0.5, 0.6) is 0 Å². The van der Waals surface area contributed by atoms with Crippen LogP contribution in [0.2, 0.25) is 0 Å². The van der Waals surface area contributed by atoms with Gasteiger partial charge in [0.15, 0.2) is 9.84 Å². The van der Waals surface area contributed by atoms with Gasteiger partial charge in [-0.3, -0.25) is 4.79 Å². The van der Waals surface area contributed by atoms with E-state index in [2.05, 4.69) is 4.98 Å². The second-order valence-corrected chi connectivity index (χ2v) is 9.99. The van der Waals surface area contributed by atoms with Crippen LogP contribution in [0.25, 0.3) is 0 Å². The Bertz CT molecular complexity index is 993. The summed E-state index contributed by atoms with van der Waals surface area (Å²) in [4.78, 5) is 18.5. The molecule has 1 aromatic carbocycles. The van der Waals surface area contributed by atoms with Crippen LogP contribution in [-0.2, 0) is 21.2 Å². The number of nitrogens with two attached hydrogens (primary N) is 1. The van der Waals surface area contributed by atoms with Gasteiger partial charge in [0.05, 0.1) is 17.2 Å². The summed E-state index contributed by atoms with van der Waals surface area (Å²) in [6.45, 7) is 3.75. The van der Waals surface area contributed by atoms with Crippen LogP contribution >= 0.6 is 11.8 Å². The van der Waals surface area contributed by atoms with Crippen molar-refractivity contribution in [2.75, 3.05) is 23.8 Å². The molecule has 9 heteroatoms. The van der Waals surface area contributed by atoms with Crippen LogP contribution in [-0.4, -0.2) is 47.9 Å². The van der Waals surface area contributed by atoms with Gasteiger partial charge in [0.2, 0.25) is 6.41 Å². The topological polar surface area (TPSA) is 114 Å².